The minimum absolute atomic E-state index is 0.00811. The van der Waals surface area contributed by atoms with Crippen LogP contribution in [0.15, 0.2) is 0 Å². The topological polar surface area (TPSA) is 57.3 Å². The molecule has 0 radical (unpaired) electrons. The molecular formula is C12H18N4OS. The number of fused-ring (bicyclic) bond motifs is 1. The summed E-state index contributed by atoms with van der Waals surface area (Å²) in [6.07, 6.45) is 4.43. The largest absolute Gasteiger partial charge is 0.324 e. The number of urea groups is 1. The molecule has 2 amide bonds. The summed E-state index contributed by atoms with van der Waals surface area (Å²) in [5.41, 5.74) is 1.15. The Bertz CT molecular complexity index is 416. The molecule has 1 saturated heterocycles. The van der Waals surface area contributed by atoms with Gasteiger partial charge in [-0.05, 0) is 19.3 Å². The lowest BCUT2D eigenvalue weighted by Crippen LogP contribution is -2.38. The molecule has 0 bridgehead atoms. The summed E-state index contributed by atoms with van der Waals surface area (Å²) in [5.74, 6) is 0. The number of hydrogen-bond acceptors (Lipinski definition) is 4. The van der Waals surface area contributed by atoms with Gasteiger partial charge in [-0.2, -0.15) is 0 Å². The molecule has 5 nitrogen and oxygen atoms in total. The number of likely N-dealkylation sites (tertiary alicyclic amines) is 1. The highest BCUT2D eigenvalue weighted by Crippen LogP contribution is 2.25. The van der Waals surface area contributed by atoms with E-state index in [1.165, 1.54) is 11.3 Å². The summed E-state index contributed by atoms with van der Waals surface area (Å²) in [6, 6.07) is 0.00811. The van der Waals surface area contributed by atoms with Crippen LogP contribution in [0.1, 0.15) is 29.8 Å². The molecule has 98 valence electrons. The number of aromatic nitrogens is 1. The molecule has 0 saturated carbocycles. The lowest BCUT2D eigenvalue weighted by atomic mass is 10.1. The summed E-state index contributed by atoms with van der Waals surface area (Å²) in [6.45, 7) is 3.61. The molecule has 0 aliphatic carbocycles. The first-order chi connectivity index (χ1) is 8.83. The number of thiazole rings is 1. The summed E-state index contributed by atoms with van der Waals surface area (Å²) < 4.78 is 0. The third-order valence-electron chi connectivity index (χ3n) is 3.46. The highest BCUT2D eigenvalue weighted by Gasteiger charge is 2.19. The van der Waals surface area contributed by atoms with E-state index in [4.69, 9.17) is 0 Å². The molecule has 0 spiro atoms. The van der Waals surface area contributed by atoms with Crippen molar-refractivity contribution in [2.24, 2.45) is 0 Å². The number of piperidine rings is 1. The van der Waals surface area contributed by atoms with E-state index in [0.717, 1.165) is 56.3 Å². The standard InChI is InChI=1S/C12H18N4OS/c17-12(16-6-2-1-3-7-16)15-11-14-9-4-5-13-8-10(9)18-11/h13H,1-8H2,(H,14,15,17). The van der Waals surface area contributed by atoms with Gasteiger partial charge in [-0.25, -0.2) is 9.78 Å². The molecule has 2 aliphatic rings. The van der Waals surface area contributed by atoms with Gasteiger partial charge >= 0.3 is 6.03 Å². The number of nitrogens with one attached hydrogen (secondary N) is 2. The molecule has 1 aromatic rings. The van der Waals surface area contributed by atoms with Gasteiger partial charge in [0.15, 0.2) is 5.13 Å². The Kier molecular flexibility index (Phi) is 3.47. The fourth-order valence-electron chi connectivity index (χ4n) is 2.45. The maximum atomic E-state index is 12.0. The van der Waals surface area contributed by atoms with E-state index in [1.54, 1.807) is 11.3 Å². The molecule has 0 atom stereocenters. The fourth-order valence-corrected chi connectivity index (χ4v) is 3.41. The Balaban J connectivity index is 1.64. The normalized spacial score (nSPS) is 19.4. The van der Waals surface area contributed by atoms with Crippen LogP contribution in [0.3, 0.4) is 0 Å². The predicted molar refractivity (Wildman–Crippen MR) is 72.0 cm³/mol. The second kappa shape index (κ2) is 5.24. The number of carbonyl (C=O) groups is 1. The Labute approximate surface area is 111 Å². The van der Waals surface area contributed by atoms with Crippen LogP contribution in [0, 0.1) is 0 Å². The Morgan fingerprint density at radius 3 is 2.94 bits per heavy atom. The molecule has 3 heterocycles. The zero-order valence-electron chi connectivity index (χ0n) is 10.4. The van der Waals surface area contributed by atoms with Gasteiger partial charge in [-0.3, -0.25) is 5.32 Å². The minimum Gasteiger partial charge on any atom is -0.324 e. The van der Waals surface area contributed by atoms with Crippen LogP contribution in [-0.2, 0) is 13.0 Å². The van der Waals surface area contributed by atoms with Crippen LogP contribution in [-0.4, -0.2) is 35.5 Å². The SMILES string of the molecule is O=C(Nc1nc2c(s1)CNCC2)N1CCCCC1. The van der Waals surface area contributed by atoms with Gasteiger partial charge < -0.3 is 10.2 Å². The molecule has 18 heavy (non-hydrogen) atoms. The average Bonchev–Trinajstić information content (AvgIpc) is 2.82. The molecule has 2 N–H and O–H groups in total. The number of amides is 2. The third kappa shape index (κ3) is 2.49. The van der Waals surface area contributed by atoms with E-state index in [2.05, 4.69) is 15.6 Å². The van der Waals surface area contributed by atoms with Crippen molar-refractivity contribution in [3.8, 4) is 0 Å². The number of anilines is 1. The zero-order valence-corrected chi connectivity index (χ0v) is 11.2. The van der Waals surface area contributed by atoms with Crippen molar-refractivity contribution in [3.05, 3.63) is 10.6 Å². The summed E-state index contributed by atoms with van der Waals surface area (Å²) in [4.78, 5) is 19.7. The van der Waals surface area contributed by atoms with Gasteiger partial charge in [0.1, 0.15) is 0 Å². The van der Waals surface area contributed by atoms with Gasteiger partial charge in [0.2, 0.25) is 0 Å². The summed E-state index contributed by atoms with van der Waals surface area (Å²) in [7, 11) is 0. The number of nitrogens with zero attached hydrogens (tertiary/aromatic N) is 2. The van der Waals surface area contributed by atoms with E-state index >= 15 is 0 Å². The first kappa shape index (κ1) is 11.9. The number of hydrogen-bond donors (Lipinski definition) is 2. The van der Waals surface area contributed by atoms with Gasteiger partial charge in [0.25, 0.3) is 0 Å². The molecule has 6 heteroatoms. The van der Waals surface area contributed by atoms with Gasteiger partial charge in [0.05, 0.1) is 5.69 Å². The fraction of sp³-hybridized carbons (Fsp3) is 0.667. The lowest BCUT2D eigenvalue weighted by molar-refractivity contribution is 0.200. The van der Waals surface area contributed by atoms with E-state index in [-0.39, 0.29) is 6.03 Å². The maximum absolute atomic E-state index is 12.0. The lowest BCUT2D eigenvalue weighted by Gasteiger charge is -2.26. The molecule has 0 aromatic carbocycles. The van der Waals surface area contributed by atoms with Crippen molar-refractivity contribution in [1.29, 1.82) is 0 Å². The van der Waals surface area contributed by atoms with Crippen molar-refractivity contribution < 1.29 is 4.79 Å². The van der Waals surface area contributed by atoms with Crippen LogP contribution in [0.25, 0.3) is 0 Å². The van der Waals surface area contributed by atoms with Crippen LogP contribution in [0.2, 0.25) is 0 Å². The molecule has 0 unspecified atom stereocenters. The monoisotopic (exact) mass is 266 g/mol. The first-order valence-corrected chi connectivity index (χ1v) is 7.40. The average molecular weight is 266 g/mol. The molecule has 3 rings (SSSR count). The highest BCUT2D eigenvalue weighted by molar-refractivity contribution is 7.15. The number of carbonyl (C=O) groups excluding carboxylic acids is 1. The number of rotatable bonds is 1. The van der Waals surface area contributed by atoms with E-state index in [9.17, 15) is 4.79 Å². The van der Waals surface area contributed by atoms with E-state index in [1.807, 2.05) is 4.90 Å². The van der Waals surface area contributed by atoms with Gasteiger partial charge in [-0.15, -0.1) is 11.3 Å². The Hall–Kier alpha value is -1.14. The van der Waals surface area contributed by atoms with Crippen LogP contribution >= 0.6 is 11.3 Å². The van der Waals surface area contributed by atoms with Crippen LogP contribution in [0.5, 0.6) is 0 Å². The van der Waals surface area contributed by atoms with Crippen LogP contribution < -0.4 is 10.6 Å². The van der Waals surface area contributed by atoms with Crippen molar-refractivity contribution in [1.82, 2.24) is 15.2 Å². The molecule has 1 aromatic heterocycles. The Morgan fingerprint density at radius 1 is 1.33 bits per heavy atom. The van der Waals surface area contributed by atoms with Gasteiger partial charge in [0, 0.05) is 37.5 Å². The molecular weight excluding hydrogens is 248 g/mol. The van der Waals surface area contributed by atoms with Crippen LogP contribution in [0.4, 0.5) is 9.93 Å². The molecule has 2 aliphatic heterocycles. The second-order valence-electron chi connectivity index (χ2n) is 4.79. The summed E-state index contributed by atoms with van der Waals surface area (Å²) in [5, 5.41) is 7.00. The smallest absolute Gasteiger partial charge is 0.323 e. The summed E-state index contributed by atoms with van der Waals surface area (Å²) >= 11 is 1.60. The maximum Gasteiger partial charge on any atom is 0.323 e. The zero-order chi connectivity index (χ0) is 12.4. The van der Waals surface area contributed by atoms with Crippen molar-refractivity contribution in [3.63, 3.8) is 0 Å². The van der Waals surface area contributed by atoms with Crippen molar-refractivity contribution >= 4 is 22.5 Å². The third-order valence-corrected chi connectivity index (χ3v) is 4.47. The molecule has 1 fully saturated rings. The highest BCUT2D eigenvalue weighted by atomic mass is 32.1. The van der Waals surface area contributed by atoms with Crippen molar-refractivity contribution in [2.45, 2.75) is 32.2 Å². The second-order valence-corrected chi connectivity index (χ2v) is 5.88. The van der Waals surface area contributed by atoms with Crippen molar-refractivity contribution in [2.75, 3.05) is 25.0 Å². The van der Waals surface area contributed by atoms with E-state index in [0.29, 0.717) is 0 Å². The van der Waals surface area contributed by atoms with Gasteiger partial charge in [-0.1, -0.05) is 0 Å². The minimum atomic E-state index is 0.00811. The first-order valence-electron chi connectivity index (χ1n) is 6.58. The quantitative estimate of drug-likeness (QED) is 0.815. The van der Waals surface area contributed by atoms with E-state index < -0.39 is 0 Å². The predicted octanol–water partition coefficient (Wildman–Crippen LogP) is 1.81. The Morgan fingerprint density at radius 2 is 2.17 bits per heavy atom.